The van der Waals surface area contributed by atoms with E-state index in [0.717, 1.165) is 12.1 Å². The Morgan fingerprint density at radius 3 is 2.67 bits per heavy atom. The highest BCUT2D eigenvalue weighted by Gasteiger charge is 2.38. The van der Waals surface area contributed by atoms with Gasteiger partial charge >= 0.3 is 6.18 Å². The second-order valence-corrected chi connectivity index (χ2v) is 5.67. The number of likely N-dealkylation sites (tertiary alicyclic amines) is 1. The highest BCUT2D eigenvalue weighted by Crippen LogP contribution is 2.33. The van der Waals surface area contributed by atoms with Crippen molar-refractivity contribution in [1.29, 1.82) is 0 Å². The van der Waals surface area contributed by atoms with Gasteiger partial charge in [0.1, 0.15) is 5.82 Å². The Hall–Kier alpha value is -2.12. The fraction of sp³-hybridized carbons (Fsp3) is 0.500. The fourth-order valence-electron chi connectivity index (χ4n) is 2.80. The summed E-state index contributed by atoms with van der Waals surface area (Å²) in [4.78, 5) is 25.6. The molecule has 8 heteroatoms. The topological polar surface area (TPSA) is 49.4 Å². The first-order chi connectivity index (χ1) is 11.2. The molecule has 1 aliphatic rings. The molecule has 0 aliphatic carbocycles. The van der Waals surface area contributed by atoms with E-state index in [2.05, 4.69) is 5.32 Å². The third-order valence-electron chi connectivity index (χ3n) is 3.95. The van der Waals surface area contributed by atoms with E-state index < -0.39 is 34.9 Å². The van der Waals surface area contributed by atoms with Crippen LogP contribution in [0.2, 0.25) is 0 Å². The lowest BCUT2D eigenvalue weighted by Crippen LogP contribution is -2.45. The monoisotopic (exact) mass is 346 g/mol. The van der Waals surface area contributed by atoms with Crippen LogP contribution >= 0.6 is 0 Å². The minimum atomic E-state index is -4.83. The molecule has 0 aromatic heterocycles. The maximum atomic E-state index is 13.2. The molecule has 0 saturated carbocycles. The van der Waals surface area contributed by atoms with Gasteiger partial charge in [-0.25, -0.2) is 4.39 Å². The van der Waals surface area contributed by atoms with E-state index in [4.69, 9.17) is 0 Å². The van der Waals surface area contributed by atoms with E-state index in [1.807, 2.05) is 0 Å². The van der Waals surface area contributed by atoms with Crippen LogP contribution in [0.4, 0.5) is 17.6 Å². The third kappa shape index (κ3) is 4.04. The predicted octanol–water partition coefficient (Wildman–Crippen LogP) is 2.83. The van der Waals surface area contributed by atoms with E-state index in [9.17, 15) is 27.2 Å². The first-order valence-corrected chi connectivity index (χ1v) is 7.67. The van der Waals surface area contributed by atoms with Crippen LogP contribution in [0.1, 0.15) is 35.7 Å². The Morgan fingerprint density at radius 2 is 2.04 bits per heavy atom. The lowest BCUT2D eigenvalue weighted by Gasteiger charge is -2.32. The van der Waals surface area contributed by atoms with Gasteiger partial charge in [-0.15, -0.1) is 0 Å². The zero-order valence-electron chi connectivity index (χ0n) is 13.1. The minimum Gasteiger partial charge on any atom is -0.356 e. The Labute approximate surface area is 136 Å². The van der Waals surface area contributed by atoms with Gasteiger partial charge < -0.3 is 10.2 Å². The molecule has 0 bridgehead atoms. The average molecular weight is 346 g/mol. The normalized spacial score (nSPS) is 18.4. The van der Waals surface area contributed by atoms with Gasteiger partial charge in [0.2, 0.25) is 5.91 Å². The maximum absolute atomic E-state index is 13.2. The number of amides is 2. The van der Waals surface area contributed by atoms with Crippen molar-refractivity contribution >= 4 is 11.8 Å². The van der Waals surface area contributed by atoms with Crippen LogP contribution in [0.15, 0.2) is 18.2 Å². The molecule has 1 saturated heterocycles. The van der Waals surface area contributed by atoms with Gasteiger partial charge in [-0.1, -0.05) is 0 Å². The zero-order valence-corrected chi connectivity index (χ0v) is 13.1. The smallest absolute Gasteiger partial charge is 0.356 e. The Bertz CT molecular complexity index is 631. The van der Waals surface area contributed by atoms with Crippen LogP contribution in [-0.4, -0.2) is 36.3 Å². The molecular formula is C16H18F4N2O2. The molecular weight excluding hydrogens is 328 g/mol. The molecule has 4 nitrogen and oxygen atoms in total. The van der Waals surface area contributed by atoms with Crippen LogP contribution in [0.5, 0.6) is 0 Å². The van der Waals surface area contributed by atoms with Crippen LogP contribution in [0.25, 0.3) is 0 Å². The third-order valence-corrected chi connectivity index (χ3v) is 3.95. The second-order valence-electron chi connectivity index (χ2n) is 5.67. The first kappa shape index (κ1) is 18.2. The zero-order chi connectivity index (χ0) is 17.9. The van der Waals surface area contributed by atoms with Gasteiger partial charge in [0.05, 0.1) is 17.0 Å². The van der Waals surface area contributed by atoms with Crippen molar-refractivity contribution in [2.75, 3.05) is 19.6 Å². The summed E-state index contributed by atoms with van der Waals surface area (Å²) in [6.07, 6.45) is -3.73. The maximum Gasteiger partial charge on any atom is 0.417 e. The number of nitrogens with zero attached hydrogens (tertiary/aromatic N) is 1. The number of hydrogen-bond donors (Lipinski definition) is 1. The van der Waals surface area contributed by atoms with Crippen LogP contribution in [0.3, 0.4) is 0 Å². The molecule has 1 N–H and O–H groups in total. The number of rotatable bonds is 3. The first-order valence-electron chi connectivity index (χ1n) is 7.67. The van der Waals surface area contributed by atoms with Gasteiger partial charge in [-0.3, -0.25) is 9.59 Å². The number of nitrogens with one attached hydrogen (secondary N) is 1. The second kappa shape index (κ2) is 7.19. The van der Waals surface area contributed by atoms with Crippen molar-refractivity contribution in [2.24, 2.45) is 5.92 Å². The Kier molecular flexibility index (Phi) is 5.46. The highest BCUT2D eigenvalue weighted by atomic mass is 19.4. The molecule has 1 aromatic carbocycles. The van der Waals surface area contributed by atoms with Crippen LogP contribution < -0.4 is 5.32 Å². The SMILES string of the molecule is CCNC(=O)[C@H]1CCCN(C(=O)c2ccc(F)cc2C(F)(F)F)C1. The van der Waals surface area contributed by atoms with Crippen molar-refractivity contribution in [1.82, 2.24) is 10.2 Å². The van der Waals surface area contributed by atoms with E-state index in [1.165, 1.54) is 4.90 Å². The van der Waals surface area contributed by atoms with E-state index in [0.29, 0.717) is 25.5 Å². The molecule has 0 unspecified atom stereocenters. The van der Waals surface area contributed by atoms with Crippen molar-refractivity contribution in [3.63, 3.8) is 0 Å². The van der Waals surface area contributed by atoms with Gasteiger partial charge in [0.25, 0.3) is 5.91 Å². The fourth-order valence-corrected chi connectivity index (χ4v) is 2.80. The van der Waals surface area contributed by atoms with Gasteiger partial charge in [0.15, 0.2) is 0 Å². The summed E-state index contributed by atoms with van der Waals surface area (Å²) in [5.74, 6) is -2.56. The van der Waals surface area contributed by atoms with Crippen molar-refractivity contribution in [3.05, 3.63) is 35.1 Å². The number of benzene rings is 1. The molecule has 1 heterocycles. The molecule has 1 aliphatic heterocycles. The number of piperidine rings is 1. The number of alkyl halides is 3. The molecule has 1 aromatic rings. The van der Waals surface area contributed by atoms with Crippen molar-refractivity contribution in [2.45, 2.75) is 25.9 Å². The molecule has 2 rings (SSSR count). The lowest BCUT2D eigenvalue weighted by atomic mass is 9.95. The van der Waals surface area contributed by atoms with Crippen LogP contribution in [0, 0.1) is 11.7 Å². The van der Waals surface area contributed by atoms with Crippen LogP contribution in [-0.2, 0) is 11.0 Å². The standard InChI is InChI=1S/C16H18F4N2O2/c1-2-21-14(23)10-4-3-7-22(9-10)15(24)12-6-5-11(17)8-13(12)16(18,19)20/h5-6,8,10H,2-4,7,9H2,1H3,(H,21,23)/t10-/m0/s1. The Morgan fingerprint density at radius 1 is 1.33 bits per heavy atom. The quantitative estimate of drug-likeness (QED) is 0.856. The summed E-state index contributed by atoms with van der Waals surface area (Å²) < 4.78 is 52.3. The molecule has 1 fully saturated rings. The van der Waals surface area contributed by atoms with E-state index >= 15 is 0 Å². The molecule has 0 spiro atoms. The number of carbonyl (C=O) groups excluding carboxylic acids is 2. The van der Waals surface area contributed by atoms with Gasteiger partial charge in [-0.2, -0.15) is 13.2 Å². The molecule has 0 radical (unpaired) electrons. The number of carbonyl (C=O) groups is 2. The summed E-state index contributed by atoms with van der Waals surface area (Å²) in [7, 11) is 0. The van der Waals surface area contributed by atoms with E-state index in [-0.39, 0.29) is 19.0 Å². The van der Waals surface area contributed by atoms with Crippen molar-refractivity contribution < 1.29 is 27.2 Å². The summed E-state index contributed by atoms with van der Waals surface area (Å²) in [6.45, 7) is 2.53. The highest BCUT2D eigenvalue weighted by molar-refractivity contribution is 5.96. The summed E-state index contributed by atoms with van der Waals surface area (Å²) >= 11 is 0. The molecule has 1 atom stereocenters. The molecule has 24 heavy (non-hydrogen) atoms. The summed E-state index contributed by atoms with van der Waals surface area (Å²) in [5.41, 5.74) is -1.90. The van der Waals surface area contributed by atoms with Gasteiger partial charge in [0, 0.05) is 19.6 Å². The predicted molar refractivity (Wildman–Crippen MR) is 78.7 cm³/mol. The number of hydrogen-bond acceptors (Lipinski definition) is 2. The van der Waals surface area contributed by atoms with Crippen molar-refractivity contribution in [3.8, 4) is 0 Å². The number of halogens is 4. The largest absolute Gasteiger partial charge is 0.417 e. The average Bonchev–Trinajstić information content (AvgIpc) is 2.53. The van der Waals surface area contributed by atoms with Gasteiger partial charge in [-0.05, 0) is 38.0 Å². The van der Waals surface area contributed by atoms with E-state index in [1.54, 1.807) is 6.92 Å². The molecule has 132 valence electrons. The summed E-state index contributed by atoms with van der Waals surface area (Å²) in [5, 5.41) is 2.65. The summed E-state index contributed by atoms with van der Waals surface area (Å²) in [6, 6.07) is 1.99. The lowest BCUT2D eigenvalue weighted by molar-refractivity contribution is -0.138. The Balaban J connectivity index is 2.24. The molecule has 2 amide bonds. The minimum absolute atomic E-state index is 0.0549.